The monoisotopic (exact) mass is 275 g/mol. The van der Waals surface area contributed by atoms with Crippen molar-refractivity contribution in [1.82, 2.24) is 5.32 Å². The topological polar surface area (TPSA) is 46.2 Å². The second-order valence-electron chi connectivity index (χ2n) is 6.04. The summed E-state index contributed by atoms with van der Waals surface area (Å²) in [5.74, 6) is 1.76. The van der Waals surface area contributed by atoms with Gasteiger partial charge in [-0.2, -0.15) is 0 Å². The molecule has 0 spiro atoms. The van der Waals surface area contributed by atoms with Crippen molar-refractivity contribution >= 4 is 9.84 Å². The van der Waals surface area contributed by atoms with E-state index in [1.165, 1.54) is 25.7 Å². The van der Waals surface area contributed by atoms with Crippen molar-refractivity contribution in [3.05, 3.63) is 0 Å². The molecule has 1 atom stereocenters. The SMILES string of the molecule is CCC(C)CS(=O)(=O)CCNC1CCC(C)CC1. The molecule has 0 aromatic rings. The van der Waals surface area contributed by atoms with Crippen LogP contribution in [0, 0.1) is 11.8 Å². The van der Waals surface area contributed by atoms with Crippen LogP contribution in [0.2, 0.25) is 0 Å². The number of rotatable bonds is 7. The van der Waals surface area contributed by atoms with Gasteiger partial charge in [0.15, 0.2) is 9.84 Å². The molecule has 4 heteroatoms. The third kappa shape index (κ3) is 6.19. The predicted molar refractivity (Wildman–Crippen MR) is 77.5 cm³/mol. The van der Waals surface area contributed by atoms with Gasteiger partial charge in [0, 0.05) is 12.6 Å². The fourth-order valence-electron chi connectivity index (χ4n) is 2.52. The van der Waals surface area contributed by atoms with Crippen molar-refractivity contribution in [3.8, 4) is 0 Å². The van der Waals surface area contributed by atoms with E-state index in [1.807, 2.05) is 13.8 Å². The second-order valence-corrected chi connectivity index (χ2v) is 8.27. The quantitative estimate of drug-likeness (QED) is 0.777. The number of hydrogen-bond acceptors (Lipinski definition) is 3. The van der Waals surface area contributed by atoms with Crippen molar-refractivity contribution in [2.45, 2.75) is 58.9 Å². The van der Waals surface area contributed by atoms with E-state index in [-0.39, 0.29) is 5.92 Å². The van der Waals surface area contributed by atoms with Gasteiger partial charge in [0.1, 0.15) is 0 Å². The number of nitrogens with one attached hydrogen (secondary N) is 1. The Morgan fingerprint density at radius 2 is 1.83 bits per heavy atom. The van der Waals surface area contributed by atoms with Gasteiger partial charge in [0.05, 0.1) is 11.5 Å². The van der Waals surface area contributed by atoms with Crippen LogP contribution in [-0.2, 0) is 9.84 Å². The third-order valence-corrected chi connectivity index (χ3v) is 6.00. The van der Waals surface area contributed by atoms with Gasteiger partial charge >= 0.3 is 0 Å². The zero-order valence-electron chi connectivity index (χ0n) is 12.1. The standard InChI is InChI=1S/C14H29NO2S/c1-4-12(2)11-18(16,17)10-9-15-14-7-5-13(3)6-8-14/h12-15H,4-11H2,1-3H3. The Hall–Kier alpha value is -0.0900. The van der Waals surface area contributed by atoms with Gasteiger partial charge in [-0.1, -0.05) is 27.2 Å². The molecule has 0 bridgehead atoms. The molecule has 0 aliphatic heterocycles. The van der Waals surface area contributed by atoms with Gasteiger partial charge in [0.25, 0.3) is 0 Å². The van der Waals surface area contributed by atoms with Gasteiger partial charge in [-0.05, 0) is 37.5 Å². The maximum Gasteiger partial charge on any atom is 0.151 e. The van der Waals surface area contributed by atoms with Gasteiger partial charge in [-0.3, -0.25) is 0 Å². The minimum atomic E-state index is -2.87. The average Bonchev–Trinajstić information content (AvgIpc) is 2.31. The molecule has 108 valence electrons. The highest BCUT2D eigenvalue weighted by atomic mass is 32.2. The Labute approximate surface area is 113 Å². The van der Waals surface area contributed by atoms with Crippen molar-refractivity contribution in [2.24, 2.45) is 11.8 Å². The minimum Gasteiger partial charge on any atom is -0.313 e. The van der Waals surface area contributed by atoms with E-state index in [1.54, 1.807) is 0 Å². The average molecular weight is 275 g/mol. The summed E-state index contributed by atoms with van der Waals surface area (Å²) in [4.78, 5) is 0. The van der Waals surface area contributed by atoms with Crippen LogP contribution in [-0.4, -0.2) is 32.5 Å². The van der Waals surface area contributed by atoms with E-state index in [0.717, 1.165) is 12.3 Å². The minimum absolute atomic E-state index is 0.283. The van der Waals surface area contributed by atoms with E-state index in [9.17, 15) is 8.42 Å². The summed E-state index contributed by atoms with van der Waals surface area (Å²) in [5.41, 5.74) is 0. The number of sulfone groups is 1. The van der Waals surface area contributed by atoms with E-state index in [4.69, 9.17) is 0 Å². The van der Waals surface area contributed by atoms with Gasteiger partial charge in [-0.25, -0.2) is 8.42 Å². The molecule has 3 nitrogen and oxygen atoms in total. The molecule has 1 N–H and O–H groups in total. The van der Waals surface area contributed by atoms with Crippen molar-refractivity contribution in [3.63, 3.8) is 0 Å². The summed E-state index contributed by atoms with van der Waals surface area (Å²) in [6.07, 6.45) is 5.89. The fourth-order valence-corrected chi connectivity index (χ4v) is 4.22. The maximum absolute atomic E-state index is 11.9. The molecule has 0 aromatic heterocycles. The first-order chi connectivity index (χ1) is 8.43. The van der Waals surface area contributed by atoms with Gasteiger partial charge < -0.3 is 5.32 Å². The van der Waals surface area contributed by atoms with E-state index < -0.39 is 9.84 Å². The molecule has 0 radical (unpaired) electrons. The zero-order valence-corrected chi connectivity index (χ0v) is 12.9. The van der Waals surface area contributed by atoms with Crippen LogP contribution < -0.4 is 5.32 Å². The molecular weight excluding hydrogens is 246 g/mol. The Morgan fingerprint density at radius 3 is 2.39 bits per heavy atom. The summed E-state index contributed by atoms with van der Waals surface area (Å²) < 4.78 is 23.7. The lowest BCUT2D eigenvalue weighted by Gasteiger charge is -2.27. The molecule has 0 heterocycles. The lowest BCUT2D eigenvalue weighted by Crippen LogP contribution is -2.36. The smallest absolute Gasteiger partial charge is 0.151 e. The van der Waals surface area contributed by atoms with Crippen LogP contribution in [0.25, 0.3) is 0 Å². The first-order valence-electron chi connectivity index (χ1n) is 7.36. The lowest BCUT2D eigenvalue weighted by atomic mass is 9.87. The van der Waals surface area contributed by atoms with Crippen LogP contribution in [0.1, 0.15) is 52.9 Å². The zero-order chi connectivity index (χ0) is 13.6. The summed E-state index contributed by atoms with van der Waals surface area (Å²) in [5, 5.41) is 3.41. The summed E-state index contributed by atoms with van der Waals surface area (Å²) in [6.45, 7) is 6.97. The largest absolute Gasteiger partial charge is 0.313 e. The van der Waals surface area contributed by atoms with Crippen LogP contribution in [0.15, 0.2) is 0 Å². The number of hydrogen-bond donors (Lipinski definition) is 1. The third-order valence-electron chi connectivity index (χ3n) is 4.10. The van der Waals surface area contributed by atoms with E-state index in [2.05, 4.69) is 12.2 Å². The lowest BCUT2D eigenvalue weighted by molar-refractivity contribution is 0.311. The highest BCUT2D eigenvalue weighted by molar-refractivity contribution is 7.91. The highest BCUT2D eigenvalue weighted by Crippen LogP contribution is 2.23. The Morgan fingerprint density at radius 1 is 1.22 bits per heavy atom. The molecule has 1 unspecified atom stereocenters. The van der Waals surface area contributed by atoms with Gasteiger partial charge in [0.2, 0.25) is 0 Å². The summed E-state index contributed by atoms with van der Waals surface area (Å²) in [7, 11) is -2.87. The molecule has 18 heavy (non-hydrogen) atoms. The Bertz CT molecular complexity index is 319. The first-order valence-corrected chi connectivity index (χ1v) is 9.19. The molecule has 1 fully saturated rings. The Kier molecular flexibility index (Phi) is 6.64. The van der Waals surface area contributed by atoms with Crippen molar-refractivity contribution < 1.29 is 8.42 Å². The molecule has 0 saturated heterocycles. The second kappa shape index (κ2) is 7.49. The molecule has 0 aromatic carbocycles. The van der Waals surface area contributed by atoms with Crippen molar-refractivity contribution in [1.29, 1.82) is 0 Å². The molecule has 1 aliphatic rings. The van der Waals surface area contributed by atoms with Crippen LogP contribution in [0.4, 0.5) is 0 Å². The molecule has 0 amide bonds. The molecule has 1 aliphatic carbocycles. The van der Waals surface area contributed by atoms with Crippen LogP contribution >= 0.6 is 0 Å². The maximum atomic E-state index is 11.9. The summed E-state index contributed by atoms with van der Waals surface area (Å²) in [6, 6.07) is 0.542. The van der Waals surface area contributed by atoms with Crippen LogP contribution in [0.3, 0.4) is 0 Å². The van der Waals surface area contributed by atoms with Crippen LogP contribution in [0.5, 0.6) is 0 Å². The van der Waals surface area contributed by atoms with Gasteiger partial charge in [-0.15, -0.1) is 0 Å². The predicted octanol–water partition coefficient (Wildman–Crippen LogP) is 2.62. The molecule has 1 rings (SSSR count). The molecule has 1 saturated carbocycles. The first kappa shape index (κ1) is 16.0. The normalized spacial score (nSPS) is 27.1. The highest BCUT2D eigenvalue weighted by Gasteiger charge is 2.19. The summed E-state index contributed by atoms with van der Waals surface area (Å²) >= 11 is 0. The fraction of sp³-hybridized carbons (Fsp3) is 1.00. The van der Waals surface area contributed by atoms with Crippen molar-refractivity contribution in [2.75, 3.05) is 18.1 Å². The Balaban J connectivity index is 2.20. The van der Waals surface area contributed by atoms with E-state index in [0.29, 0.717) is 24.1 Å². The van der Waals surface area contributed by atoms with E-state index >= 15 is 0 Å². The molecular formula is C14H29NO2S.